The summed E-state index contributed by atoms with van der Waals surface area (Å²) in [5.74, 6) is -1.95. The molecular formula is C24H18F5N5O. The van der Waals surface area contributed by atoms with Gasteiger partial charge in [-0.15, -0.1) is 0 Å². The Labute approximate surface area is 195 Å². The average Bonchev–Trinajstić information content (AvgIpc) is 3.21. The number of nitrogens with two attached hydrogens (primary N) is 1. The molecular weight excluding hydrogens is 469 g/mol. The van der Waals surface area contributed by atoms with E-state index in [1.807, 2.05) is 0 Å². The number of halogens is 5. The zero-order valence-electron chi connectivity index (χ0n) is 18.1. The Balaban J connectivity index is 1.42. The van der Waals surface area contributed by atoms with Crippen LogP contribution in [0.5, 0.6) is 0 Å². The van der Waals surface area contributed by atoms with Crippen LogP contribution >= 0.6 is 0 Å². The maximum atomic E-state index is 15.2. The number of anilines is 1. The molecule has 2 bridgehead atoms. The van der Waals surface area contributed by atoms with Crippen molar-refractivity contribution in [2.75, 3.05) is 5.73 Å². The molecule has 0 aliphatic heterocycles. The number of nitrogens with zero attached hydrogens (tertiary/aromatic N) is 4. The summed E-state index contributed by atoms with van der Waals surface area (Å²) < 4.78 is 70.3. The van der Waals surface area contributed by atoms with Crippen LogP contribution in [0.1, 0.15) is 40.7 Å². The molecule has 35 heavy (non-hydrogen) atoms. The van der Waals surface area contributed by atoms with Gasteiger partial charge in [0.15, 0.2) is 0 Å². The highest BCUT2D eigenvalue weighted by atomic mass is 19.4. The molecule has 3 aliphatic rings. The summed E-state index contributed by atoms with van der Waals surface area (Å²) in [4.78, 5) is 23.3. The SMILES string of the molecule is Nc1nc2cc(F)c(C(=O)N(Cc3ccc(C(F)(F)F)cc3F)C34CC(C3)C4)cc2n2cncc12. The molecule has 0 atom stereocenters. The van der Waals surface area contributed by atoms with Gasteiger partial charge in [0.25, 0.3) is 5.91 Å². The number of benzene rings is 2. The highest BCUT2D eigenvalue weighted by molar-refractivity contribution is 5.99. The normalized spacial score (nSPS) is 21.1. The number of alkyl halides is 3. The first kappa shape index (κ1) is 21.8. The van der Waals surface area contributed by atoms with E-state index in [-0.39, 0.29) is 29.0 Å². The average molecular weight is 487 g/mol. The van der Waals surface area contributed by atoms with Gasteiger partial charge in [-0.1, -0.05) is 6.07 Å². The fourth-order valence-electron chi connectivity index (χ4n) is 5.25. The van der Waals surface area contributed by atoms with Crippen molar-refractivity contribution in [1.82, 2.24) is 19.3 Å². The lowest BCUT2D eigenvalue weighted by Crippen LogP contribution is -2.69. The smallest absolute Gasteiger partial charge is 0.382 e. The monoisotopic (exact) mass is 487 g/mol. The zero-order valence-corrected chi connectivity index (χ0v) is 18.1. The predicted octanol–water partition coefficient (Wildman–Crippen LogP) is 4.96. The number of nitrogen functional groups attached to an aromatic ring is 1. The van der Waals surface area contributed by atoms with Crippen LogP contribution in [0.15, 0.2) is 42.9 Å². The number of fused-ring (bicyclic) bond motifs is 3. The number of aromatic nitrogens is 3. The number of amides is 1. The second kappa shape index (κ2) is 7.12. The molecule has 2 N–H and O–H groups in total. The molecule has 3 saturated carbocycles. The lowest BCUT2D eigenvalue weighted by Gasteiger charge is -2.66. The van der Waals surface area contributed by atoms with Crippen LogP contribution in [0.2, 0.25) is 0 Å². The third-order valence-electron chi connectivity index (χ3n) is 7.23. The van der Waals surface area contributed by atoms with Crippen LogP contribution < -0.4 is 5.73 Å². The van der Waals surface area contributed by atoms with Crippen LogP contribution in [0, 0.1) is 17.6 Å². The third-order valence-corrected chi connectivity index (χ3v) is 7.23. The van der Waals surface area contributed by atoms with E-state index in [1.165, 1.54) is 23.5 Å². The van der Waals surface area contributed by atoms with Crippen molar-refractivity contribution in [1.29, 1.82) is 0 Å². The van der Waals surface area contributed by atoms with Gasteiger partial charge >= 0.3 is 6.18 Å². The van der Waals surface area contributed by atoms with E-state index in [1.54, 1.807) is 4.40 Å². The van der Waals surface area contributed by atoms with E-state index < -0.39 is 34.8 Å². The van der Waals surface area contributed by atoms with Gasteiger partial charge in [-0.2, -0.15) is 13.2 Å². The first-order chi connectivity index (χ1) is 16.6. The molecule has 11 heteroatoms. The summed E-state index contributed by atoms with van der Waals surface area (Å²) in [5, 5.41) is 0. The van der Waals surface area contributed by atoms with Crippen molar-refractivity contribution in [3.05, 3.63) is 71.2 Å². The lowest BCUT2D eigenvalue weighted by molar-refractivity contribution is -0.138. The second-order valence-corrected chi connectivity index (χ2v) is 9.36. The summed E-state index contributed by atoms with van der Waals surface area (Å²) in [6.45, 7) is -0.270. The topological polar surface area (TPSA) is 76.5 Å². The Bertz CT molecular complexity index is 1510. The van der Waals surface area contributed by atoms with Gasteiger partial charge in [-0.05, 0) is 43.4 Å². The van der Waals surface area contributed by atoms with Crippen LogP contribution in [0.25, 0.3) is 16.6 Å². The maximum Gasteiger partial charge on any atom is 0.416 e. The predicted molar refractivity (Wildman–Crippen MR) is 116 cm³/mol. The number of imidazole rings is 1. The van der Waals surface area contributed by atoms with Crippen molar-refractivity contribution in [2.45, 2.75) is 37.5 Å². The molecule has 3 fully saturated rings. The zero-order chi connectivity index (χ0) is 24.7. The van der Waals surface area contributed by atoms with Crippen LogP contribution in [-0.2, 0) is 12.7 Å². The molecule has 4 aromatic rings. The second-order valence-electron chi connectivity index (χ2n) is 9.36. The standard InChI is InChI=1S/C24H18F5N5O/c25-16-3-14(24(27,28)29)2-1-13(16)10-34(23-6-12(7-23)8-23)22(35)15-4-19-18(5-17(15)26)32-21(30)20-9-31-11-33(19)20/h1-5,9,11-12H,6-8,10H2,(H2,30,32). The fraction of sp³-hybridized carbons (Fsp3) is 0.292. The van der Waals surface area contributed by atoms with Gasteiger partial charge in [-0.25, -0.2) is 18.7 Å². The molecule has 0 saturated heterocycles. The summed E-state index contributed by atoms with van der Waals surface area (Å²) >= 11 is 0. The van der Waals surface area contributed by atoms with E-state index >= 15 is 4.39 Å². The first-order valence-electron chi connectivity index (χ1n) is 10.9. The van der Waals surface area contributed by atoms with E-state index in [0.717, 1.165) is 18.2 Å². The van der Waals surface area contributed by atoms with Crippen LogP contribution in [-0.4, -0.2) is 30.7 Å². The van der Waals surface area contributed by atoms with E-state index in [2.05, 4.69) is 9.97 Å². The summed E-state index contributed by atoms with van der Waals surface area (Å²) in [6.07, 6.45) is 0.361. The van der Waals surface area contributed by atoms with E-state index in [9.17, 15) is 22.4 Å². The molecule has 6 nitrogen and oxygen atoms in total. The molecule has 0 radical (unpaired) electrons. The molecule has 2 aromatic carbocycles. The number of carbonyl (C=O) groups excluding carboxylic acids is 1. The highest BCUT2D eigenvalue weighted by Gasteiger charge is 2.61. The Morgan fingerprint density at radius 1 is 1.11 bits per heavy atom. The first-order valence-corrected chi connectivity index (χ1v) is 10.9. The van der Waals surface area contributed by atoms with Crippen molar-refractivity contribution >= 4 is 28.3 Å². The lowest BCUT2D eigenvalue weighted by atomic mass is 9.49. The minimum Gasteiger partial charge on any atom is -0.382 e. The molecule has 7 rings (SSSR count). The van der Waals surface area contributed by atoms with E-state index in [4.69, 9.17) is 5.73 Å². The number of hydrogen-bond donors (Lipinski definition) is 1. The Kier molecular flexibility index (Phi) is 4.43. The van der Waals surface area contributed by atoms with E-state index in [0.29, 0.717) is 42.3 Å². The Morgan fingerprint density at radius 3 is 2.49 bits per heavy atom. The molecule has 0 unspecified atom stereocenters. The minimum absolute atomic E-state index is 0.0660. The fourth-order valence-corrected chi connectivity index (χ4v) is 5.25. The molecule has 2 aromatic heterocycles. The van der Waals surface area contributed by atoms with Gasteiger partial charge in [0.1, 0.15) is 23.0 Å². The van der Waals surface area contributed by atoms with Crippen molar-refractivity contribution < 1.29 is 26.7 Å². The molecule has 1 amide bonds. The molecule has 2 heterocycles. The minimum atomic E-state index is -4.69. The molecule has 180 valence electrons. The van der Waals surface area contributed by atoms with Gasteiger partial charge in [0.2, 0.25) is 0 Å². The van der Waals surface area contributed by atoms with Crippen molar-refractivity contribution in [3.63, 3.8) is 0 Å². The number of hydrogen-bond acceptors (Lipinski definition) is 4. The highest BCUT2D eigenvalue weighted by Crippen LogP contribution is 2.61. The quantitative estimate of drug-likeness (QED) is 0.413. The van der Waals surface area contributed by atoms with Gasteiger partial charge in [0.05, 0.1) is 34.7 Å². The van der Waals surface area contributed by atoms with Gasteiger partial charge in [-0.3, -0.25) is 9.20 Å². The molecule has 3 aliphatic carbocycles. The maximum absolute atomic E-state index is 15.2. The van der Waals surface area contributed by atoms with Gasteiger partial charge in [0, 0.05) is 23.7 Å². The summed E-state index contributed by atoms with van der Waals surface area (Å²) in [5.41, 5.74) is 5.07. The van der Waals surface area contributed by atoms with Gasteiger partial charge < -0.3 is 10.6 Å². The third kappa shape index (κ3) is 3.24. The number of carbonyl (C=O) groups is 1. The Hall–Kier alpha value is -3.76. The Morgan fingerprint density at radius 2 is 1.86 bits per heavy atom. The summed E-state index contributed by atoms with van der Waals surface area (Å²) in [6, 6.07) is 4.70. The van der Waals surface area contributed by atoms with Crippen molar-refractivity contribution in [2.24, 2.45) is 5.92 Å². The molecule has 0 spiro atoms. The number of rotatable bonds is 4. The van der Waals surface area contributed by atoms with Crippen LogP contribution in [0.4, 0.5) is 27.8 Å². The van der Waals surface area contributed by atoms with Crippen LogP contribution in [0.3, 0.4) is 0 Å². The van der Waals surface area contributed by atoms with Crippen molar-refractivity contribution in [3.8, 4) is 0 Å². The summed E-state index contributed by atoms with van der Waals surface area (Å²) in [7, 11) is 0. The largest absolute Gasteiger partial charge is 0.416 e.